The van der Waals surface area contributed by atoms with Crippen molar-refractivity contribution in [3.8, 4) is 36.9 Å². The van der Waals surface area contributed by atoms with E-state index in [1.54, 1.807) is 0 Å². The predicted molar refractivity (Wildman–Crippen MR) is 62.3 cm³/mol. The molecule has 2 saturated heterocycles. The number of amides is 5. The van der Waals surface area contributed by atoms with E-state index in [0.29, 0.717) is 0 Å². The van der Waals surface area contributed by atoms with Crippen LogP contribution in [0.3, 0.4) is 0 Å². The fourth-order valence-electron chi connectivity index (χ4n) is 2.49. The molecule has 0 aromatic rings. The maximum atomic E-state index is 12.5. The first kappa shape index (κ1) is 15.5. The molecule has 2 rings (SSSR count). The zero-order valence-electron chi connectivity index (χ0n) is 11.2. The fourth-order valence-corrected chi connectivity index (χ4v) is 2.49. The second-order valence-corrected chi connectivity index (χ2v) is 4.22. The van der Waals surface area contributed by atoms with Crippen LogP contribution >= 0.6 is 0 Å². The van der Waals surface area contributed by atoms with Crippen LogP contribution in [0.1, 0.15) is 0 Å². The standard InChI is InChI=1S/C11N10O3/c12-1-10-7(22)18(3-14)8(23)20(5-16)11(10,2-13)21(6-17)9(24)19(10)4-15. The van der Waals surface area contributed by atoms with Crippen molar-refractivity contribution in [1.82, 2.24) is 19.6 Å². The summed E-state index contributed by atoms with van der Waals surface area (Å²) in [4.78, 5) is 36.2. The van der Waals surface area contributed by atoms with Crippen molar-refractivity contribution in [3.05, 3.63) is 0 Å². The van der Waals surface area contributed by atoms with Crippen LogP contribution in [0.25, 0.3) is 0 Å². The molecule has 2 aliphatic rings. The quantitative estimate of drug-likeness (QED) is 0.469. The number of urea groups is 2. The maximum Gasteiger partial charge on any atom is 0.356 e. The van der Waals surface area contributed by atoms with Gasteiger partial charge in [0.1, 0.15) is 12.1 Å². The molecule has 0 spiro atoms. The molecule has 0 saturated carbocycles. The third-order valence-electron chi connectivity index (χ3n) is 3.48. The van der Waals surface area contributed by atoms with Gasteiger partial charge in [0.15, 0.2) is 24.8 Å². The van der Waals surface area contributed by atoms with Gasteiger partial charge in [0.05, 0.1) is 0 Å². The number of hydrogen-bond acceptors (Lipinski definition) is 9. The van der Waals surface area contributed by atoms with Gasteiger partial charge in [-0.1, -0.05) is 0 Å². The topological polar surface area (TPSA) is 207 Å². The molecule has 13 heteroatoms. The van der Waals surface area contributed by atoms with Gasteiger partial charge in [0.25, 0.3) is 17.1 Å². The van der Waals surface area contributed by atoms with Crippen molar-refractivity contribution in [2.45, 2.75) is 11.2 Å². The Morgan fingerprint density at radius 1 is 0.667 bits per heavy atom. The molecule has 13 nitrogen and oxygen atoms in total. The number of rotatable bonds is 0. The molecular weight excluding hydrogens is 320 g/mol. The van der Waals surface area contributed by atoms with Crippen LogP contribution < -0.4 is 0 Å². The number of carbonyl (C=O) groups is 3. The molecule has 2 fully saturated rings. The molecule has 2 unspecified atom stereocenters. The largest absolute Gasteiger partial charge is 0.356 e. The number of nitrogens with zero attached hydrogens (tertiary/aromatic N) is 10. The first-order chi connectivity index (χ1) is 11.4. The Bertz CT molecular complexity index is 945. The average Bonchev–Trinajstić information content (AvgIpc) is 2.80. The number of fused-ring (bicyclic) bond motifs is 1. The summed E-state index contributed by atoms with van der Waals surface area (Å²) in [5.41, 5.74) is -6.18. The first-order valence-corrected chi connectivity index (χ1v) is 5.64. The SMILES string of the molecule is N#CN1C(=O)N(C#N)C2(C#N)N(C#N)C(=O)N(C#N)C2(C#N)C1=O. The van der Waals surface area contributed by atoms with Crippen molar-refractivity contribution in [1.29, 1.82) is 31.6 Å². The van der Waals surface area contributed by atoms with Crippen LogP contribution in [-0.2, 0) is 4.79 Å². The van der Waals surface area contributed by atoms with Gasteiger partial charge in [-0.3, -0.25) is 4.79 Å². The Morgan fingerprint density at radius 3 is 1.54 bits per heavy atom. The van der Waals surface area contributed by atoms with Gasteiger partial charge >= 0.3 is 12.1 Å². The lowest BCUT2D eigenvalue weighted by molar-refractivity contribution is -0.141. The van der Waals surface area contributed by atoms with Crippen molar-refractivity contribution in [2.24, 2.45) is 0 Å². The Kier molecular flexibility index (Phi) is 2.96. The summed E-state index contributed by atoms with van der Waals surface area (Å²) in [7, 11) is 0. The van der Waals surface area contributed by atoms with E-state index in [0.717, 1.165) is 6.19 Å². The highest BCUT2D eigenvalue weighted by atomic mass is 16.2. The molecule has 0 aliphatic carbocycles. The average molecular weight is 320 g/mol. The van der Waals surface area contributed by atoms with Crippen LogP contribution in [0.5, 0.6) is 0 Å². The summed E-state index contributed by atoms with van der Waals surface area (Å²) >= 11 is 0. The highest BCUT2D eigenvalue weighted by Gasteiger charge is 2.82. The zero-order chi connectivity index (χ0) is 18.3. The number of hydrogen-bond donors (Lipinski definition) is 0. The second-order valence-electron chi connectivity index (χ2n) is 4.22. The minimum atomic E-state index is -3.11. The van der Waals surface area contributed by atoms with E-state index in [2.05, 4.69) is 0 Å². The summed E-state index contributed by atoms with van der Waals surface area (Å²) < 4.78 is 0. The molecule has 2 heterocycles. The lowest BCUT2D eigenvalue weighted by Crippen LogP contribution is -2.78. The summed E-state index contributed by atoms with van der Waals surface area (Å²) in [6.45, 7) is 0. The number of imide groups is 1. The van der Waals surface area contributed by atoms with Gasteiger partial charge in [-0.05, 0) is 0 Å². The first-order valence-electron chi connectivity index (χ1n) is 5.64. The van der Waals surface area contributed by atoms with Gasteiger partial charge in [-0.2, -0.15) is 51.2 Å². The summed E-state index contributed by atoms with van der Waals surface area (Å²) in [5, 5.41) is 55.3. The number of carbonyl (C=O) groups excluding carboxylic acids is 3. The molecule has 0 aromatic carbocycles. The van der Waals surface area contributed by atoms with E-state index >= 15 is 0 Å². The van der Waals surface area contributed by atoms with Crippen molar-refractivity contribution >= 4 is 18.0 Å². The lowest BCUT2D eigenvalue weighted by atomic mass is 9.81. The third-order valence-corrected chi connectivity index (χ3v) is 3.48. The van der Waals surface area contributed by atoms with Gasteiger partial charge in [-0.25, -0.2) is 9.59 Å². The lowest BCUT2D eigenvalue weighted by Gasteiger charge is -2.44. The molecule has 0 aromatic heterocycles. The Morgan fingerprint density at radius 2 is 1.17 bits per heavy atom. The monoisotopic (exact) mass is 320 g/mol. The second kappa shape index (κ2) is 4.58. The van der Waals surface area contributed by atoms with Crippen LogP contribution in [0.2, 0.25) is 0 Å². The highest BCUT2D eigenvalue weighted by Crippen LogP contribution is 2.47. The normalized spacial score (nSPS) is 28.0. The smallest absolute Gasteiger partial charge is 0.269 e. The Labute approximate surface area is 132 Å². The van der Waals surface area contributed by atoms with Crippen LogP contribution in [-0.4, -0.2) is 48.8 Å². The minimum Gasteiger partial charge on any atom is -0.269 e. The van der Waals surface area contributed by atoms with E-state index in [-0.39, 0.29) is 19.6 Å². The van der Waals surface area contributed by atoms with Crippen LogP contribution in [0, 0.1) is 68.5 Å². The van der Waals surface area contributed by atoms with Crippen LogP contribution in [0.4, 0.5) is 9.59 Å². The van der Waals surface area contributed by atoms with Gasteiger partial charge in [-0.15, -0.1) is 0 Å². The highest BCUT2D eigenvalue weighted by molar-refractivity contribution is 6.12. The molecular formula is C11N10O3. The molecule has 0 N–H and O–H groups in total. The van der Waals surface area contributed by atoms with Gasteiger partial charge in [0.2, 0.25) is 0 Å². The molecule has 24 heavy (non-hydrogen) atoms. The maximum absolute atomic E-state index is 12.5. The van der Waals surface area contributed by atoms with E-state index in [4.69, 9.17) is 15.8 Å². The molecule has 5 amide bonds. The summed E-state index contributed by atoms with van der Waals surface area (Å²) in [6.07, 6.45) is 4.64. The van der Waals surface area contributed by atoms with E-state index in [1.807, 2.05) is 0 Å². The molecule has 0 radical (unpaired) electrons. The van der Waals surface area contributed by atoms with Crippen molar-refractivity contribution in [2.75, 3.05) is 0 Å². The Hall–Kier alpha value is -4.85. The third kappa shape index (κ3) is 1.16. The van der Waals surface area contributed by atoms with Gasteiger partial charge < -0.3 is 0 Å². The van der Waals surface area contributed by atoms with Gasteiger partial charge in [0, 0.05) is 0 Å². The fraction of sp³-hybridized carbons (Fsp3) is 0.182. The van der Waals surface area contributed by atoms with Crippen molar-refractivity contribution in [3.63, 3.8) is 0 Å². The summed E-state index contributed by atoms with van der Waals surface area (Å²) in [5.74, 6) is -1.71. The molecule has 2 atom stereocenters. The van der Waals surface area contributed by atoms with E-state index < -0.39 is 29.2 Å². The molecule has 2 aliphatic heterocycles. The van der Waals surface area contributed by atoms with Crippen LogP contribution in [0.15, 0.2) is 0 Å². The number of nitriles is 6. The van der Waals surface area contributed by atoms with Crippen molar-refractivity contribution < 1.29 is 14.4 Å². The van der Waals surface area contributed by atoms with E-state index in [1.165, 1.54) is 30.7 Å². The zero-order valence-corrected chi connectivity index (χ0v) is 11.2. The summed E-state index contributed by atoms with van der Waals surface area (Å²) in [6, 6.07) is -0.715. The Balaban J connectivity index is 3.07. The minimum absolute atomic E-state index is 0.104. The molecule has 112 valence electrons. The predicted octanol–water partition coefficient (Wildman–Crippen LogP) is -1.61. The van der Waals surface area contributed by atoms with E-state index in [9.17, 15) is 30.2 Å². The molecule has 0 bridgehead atoms.